The first kappa shape index (κ1) is 19.6. The van der Waals surface area contributed by atoms with Crippen LogP contribution >= 0.6 is 0 Å². The topological polar surface area (TPSA) is 36.4 Å². The van der Waals surface area contributed by atoms with Crippen molar-refractivity contribution in [1.29, 1.82) is 0 Å². The van der Waals surface area contributed by atoms with Gasteiger partial charge in [-0.25, -0.2) is 4.98 Å². The van der Waals surface area contributed by atoms with Gasteiger partial charge in [-0.15, -0.1) is 0 Å². The molecular weight excluding hydrogens is 358 g/mol. The number of carbonyl (C=O) groups excluding carboxylic acids is 1. The van der Waals surface area contributed by atoms with Gasteiger partial charge in [-0.1, -0.05) is 43.3 Å². The lowest BCUT2D eigenvalue weighted by molar-refractivity contribution is 0.0732. The number of likely N-dealkylation sites (tertiary alicyclic amines) is 1. The monoisotopic (exact) mass is 387 g/mol. The molecule has 4 nitrogen and oxygen atoms in total. The summed E-state index contributed by atoms with van der Waals surface area (Å²) in [5.41, 5.74) is 3.68. The largest absolute Gasteiger partial charge is 0.341 e. The van der Waals surface area contributed by atoms with Crippen molar-refractivity contribution >= 4 is 16.8 Å². The smallest absolute Gasteiger partial charge is 0.253 e. The fraction of sp³-hybridized carbons (Fsp3) is 0.360. The predicted octanol–water partition coefficient (Wildman–Crippen LogP) is 4.71. The van der Waals surface area contributed by atoms with Gasteiger partial charge in [0.05, 0.1) is 11.2 Å². The molecule has 29 heavy (non-hydrogen) atoms. The van der Waals surface area contributed by atoms with Crippen LogP contribution in [0.1, 0.15) is 30.1 Å². The quantitative estimate of drug-likeness (QED) is 0.636. The minimum Gasteiger partial charge on any atom is -0.341 e. The van der Waals surface area contributed by atoms with Crippen LogP contribution in [0.25, 0.3) is 22.2 Å². The van der Waals surface area contributed by atoms with E-state index in [2.05, 4.69) is 24.0 Å². The van der Waals surface area contributed by atoms with E-state index in [4.69, 9.17) is 4.98 Å². The van der Waals surface area contributed by atoms with Crippen molar-refractivity contribution in [2.45, 2.75) is 19.8 Å². The highest BCUT2D eigenvalue weighted by molar-refractivity contribution is 5.94. The highest BCUT2D eigenvalue weighted by atomic mass is 16.2. The minimum atomic E-state index is 0.0941. The van der Waals surface area contributed by atoms with Gasteiger partial charge in [0.25, 0.3) is 5.91 Å². The summed E-state index contributed by atoms with van der Waals surface area (Å²) in [6.45, 7) is 6.42. The van der Waals surface area contributed by atoms with Crippen molar-refractivity contribution in [2.24, 2.45) is 5.92 Å². The van der Waals surface area contributed by atoms with E-state index in [1.807, 2.05) is 60.5 Å². The molecule has 1 saturated heterocycles. The van der Waals surface area contributed by atoms with Crippen LogP contribution in [0.15, 0.2) is 60.7 Å². The maximum absolute atomic E-state index is 12.9. The van der Waals surface area contributed by atoms with E-state index in [9.17, 15) is 4.79 Å². The Morgan fingerprint density at radius 2 is 1.90 bits per heavy atom. The number of benzene rings is 2. The van der Waals surface area contributed by atoms with Crippen molar-refractivity contribution in [3.05, 3.63) is 66.2 Å². The average molecular weight is 388 g/mol. The van der Waals surface area contributed by atoms with Gasteiger partial charge in [0.1, 0.15) is 0 Å². The van der Waals surface area contributed by atoms with E-state index in [1.165, 1.54) is 19.4 Å². The third-order valence-electron chi connectivity index (χ3n) is 5.96. The molecule has 0 N–H and O–H groups in total. The SMILES string of the molecule is CCN1CCC[C@@H](CN(C)C(=O)c2ccc(-c3ccc4ccccc4n3)cc2)C1. The lowest BCUT2D eigenvalue weighted by Crippen LogP contribution is -2.41. The molecule has 0 spiro atoms. The second-order valence-corrected chi connectivity index (χ2v) is 8.05. The Bertz CT molecular complexity index is 983. The van der Waals surface area contributed by atoms with Crippen LogP contribution in [-0.2, 0) is 0 Å². The molecule has 0 bridgehead atoms. The molecule has 1 aromatic heterocycles. The fourth-order valence-corrected chi connectivity index (χ4v) is 4.29. The number of hydrogen-bond donors (Lipinski definition) is 0. The number of aromatic nitrogens is 1. The summed E-state index contributed by atoms with van der Waals surface area (Å²) < 4.78 is 0. The van der Waals surface area contributed by atoms with Crippen LogP contribution < -0.4 is 0 Å². The standard InChI is InChI=1S/C25H29N3O/c1-3-28-16-6-7-19(18-28)17-27(2)25(29)22-12-10-21(11-13-22)24-15-14-20-8-4-5-9-23(20)26-24/h4-5,8-15,19H,3,6-7,16-18H2,1-2H3/t19-/m0/s1. The Kier molecular flexibility index (Phi) is 5.91. The number of hydrogen-bond acceptors (Lipinski definition) is 3. The van der Waals surface area contributed by atoms with Crippen molar-refractivity contribution in [3.8, 4) is 11.3 Å². The Balaban J connectivity index is 1.44. The molecule has 1 aliphatic heterocycles. The number of fused-ring (bicyclic) bond motifs is 1. The van der Waals surface area contributed by atoms with Crippen LogP contribution in [0.2, 0.25) is 0 Å². The van der Waals surface area contributed by atoms with E-state index >= 15 is 0 Å². The fourth-order valence-electron chi connectivity index (χ4n) is 4.29. The summed E-state index contributed by atoms with van der Waals surface area (Å²) in [7, 11) is 1.92. The lowest BCUT2D eigenvalue weighted by atomic mass is 9.97. The molecule has 0 saturated carbocycles. The summed E-state index contributed by atoms with van der Waals surface area (Å²) in [6, 6.07) is 20.1. The molecule has 0 aliphatic carbocycles. The molecule has 0 unspecified atom stereocenters. The van der Waals surface area contributed by atoms with E-state index in [-0.39, 0.29) is 5.91 Å². The van der Waals surface area contributed by atoms with Gasteiger partial charge >= 0.3 is 0 Å². The summed E-state index contributed by atoms with van der Waals surface area (Å²) >= 11 is 0. The molecular formula is C25H29N3O. The highest BCUT2D eigenvalue weighted by Gasteiger charge is 2.22. The van der Waals surface area contributed by atoms with E-state index in [1.54, 1.807) is 0 Å². The van der Waals surface area contributed by atoms with Gasteiger partial charge in [0.15, 0.2) is 0 Å². The predicted molar refractivity (Wildman–Crippen MR) is 119 cm³/mol. The third-order valence-corrected chi connectivity index (χ3v) is 5.96. The average Bonchev–Trinajstić information content (AvgIpc) is 2.78. The highest BCUT2D eigenvalue weighted by Crippen LogP contribution is 2.22. The maximum Gasteiger partial charge on any atom is 0.253 e. The van der Waals surface area contributed by atoms with Gasteiger partial charge in [-0.2, -0.15) is 0 Å². The maximum atomic E-state index is 12.9. The summed E-state index contributed by atoms with van der Waals surface area (Å²) in [6.07, 6.45) is 2.44. The van der Waals surface area contributed by atoms with Crippen molar-refractivity contribution in [1.82, 2.24) is 14.8 Å². The minimum absolute atomic E-state index is 0.0941. The van der Waals surface area contributed by atoms with Crippen molar-refractivity contribution < 1.29 is 4.79 Å². The number of amides is 1. The summed E-state index contributed by atoms with van der Waals surface area (Å²) in [5, 5.41) is 1.13. The number of pyridine rings is 1. The number of para-hydroxylation sites is 1. The first-order chi connectivity index (χ1) is 14.1. The second-order valence-electron chi connectivity index (χ2n) is 8.05. The molecule has 1 aliphatic rings. The third kappa shape index (κ3) is 4.48. The van der Waals surface area contributed by atoms with E-state index < -0.39 is 0 Å². The molecule has 0 radical (unpaired) electrons. The summed E-state index contributed by atoms with van der Waals surface area (Å²) in [5.74, 6) is 0.662. The Morgan fingerprint density at radius 3 is 2.69 bits per heavy atom. The molecule has 1 fully saturated rings. The number of piperidine rings is 1. The Labute approximate surface area is 173 Å². The lowest BCUT2D eigenvalue weighted by Gasteiger charge is -2.34. The zero-order valence-electron chi connectivity index (χ0n) is 17.3. The zero-order valence-corrected chi connectivity index (χ0v) is 17.3. The van der Waals surface area contributed by atoms with Gasteiger partial charge in [-0.3, -0.25) is 4.79 Å². The van der Waals surface area contributed by atoms with Gasteiger partial charge in [0, 0.05) is 36.7 Å². The molecule has 1 atom stereocenters. The Hall–Kier alpha value is -2.72. The van der Waals surface area contributed by atoms with Crippen LogP contribution in [-0.4, -0.2) is 53.9 Å². The molecule has 2 heterocycles. The van der Waals surface area contributed by atoms with E-state index in [0.717, 1.165) is 47.4 Å². The Morgan fingerprint density at radius 1 is 1.10 bits per heavy atom. The van der Waals surface area contributed by atoms with Crippen molar-refractivity contribution in [3.63, 3.8) is 0 Å². The molecule has 3 aromatic rings. The summed E-state index contributed by atoms with van der Waals surface area (Å²) in [4.78, 5) is 22.0. The molecule has 2 aromatic carbocycles. The van der Waals surface area contributed by atoms with Gasteiger partial charge in [-0.05, 0) is 56.1 Å². The molecule has 4 heteroatoms. The van der Waals surface area contributed by atoms with E-state index in [0.29, 0.717) is 5.92 Å². The van der Waals surface area contributed by atoms with Crippen LogP contribution in [0.5, 0.6) is 0 Å². The first-order valence-corrected chi connectivity index (χ1v) is 10.6. The van der Waals surface area contributed by atoms with Crippen LogP contribution in [0.4, 0.5) is 0 Å². The first-order valence-electron chi connectivity index (χ1n) is 10.6. The van der Waals surface area contributed by atoms with Gasteiger partial charge in [0.2, 0.25) is 0 Å². The van der Waals surface area contributed by atoms with Crippen LogP contribution in [0.3, 0.4) is 0 Å². The number of rotatable bonds is 5. The molecule has 150 valence electrons. The molecule has 1 amide bonds. The molecule has 4 rings (SSSR count). The second kappa shape index (κ2) is 8.75. The number of carbonyl (C=O) groups is 1. The van der Waals surface area contributed by atoms with Crippen LogP contribution in [0, 0.1) is 5.92 Å². The number of nitrogens with zero attached hydrogens (tertiary/aromatic N) is 3. The zero-order chi connectivity index (χ0) is 20.2. The van der Waals surface area contributed by atoms with Crippen molar-refractivity contribution in [2.75, 3.05) is 33.2 Å². The normalized spacial score (nSPS) is 17.4. The van der Waals surface area contributed by atoms with Gasteiger partial charge < -0.3 is 9.80 Å².